The molecule has 1 aromatic heterocycles. The molecule has 1 saturated carbocycles. The molecule has 5 aromatic rings. The molecule has 47 heteroatoms. The van der Waals surface area contributed by atoms with Gasteiger partial charge in [0, 0.05) is 105 Å². The first kappa shape index (κ1) is 112. The molecule has 0 bridgehead atoms. The molecule has 1 fully saturated rings. The fourth-order valence-electron chi connectivity index (χ4n) is 15.6. The number of aromatic nitrogens is 2. The van der Waals surface area contributed by atoms with Crippen LogP contribution in [0.25, 0.3) is 33.4 Å². The van der Waals surface area contributed by atoms with Gasteiger partial charge in [-0.15, -0.1) is 0 Å². The zero-order valence-corrected chi connectivity index (χ0v) is 80.9. The van der Waals surface area contributed by atoms with Crippen LogP contribution in [0.2, 0.25) is 0 Å². The molecular formula is C95H132N28O18S. The maximum atomic E-state index is 15.0. The minimum absolute atomic E-state index is 0.000751. The minimum atomic E-state index is -1.57. The molecule has 3 aliphatic rings. The van der Waals surface area contributed by atoms with Gasteiger partial charge in [0.1, 0.15) is 65.4 Å². The summed E-state index contributed by atoms with van der Waals surface area (Å²) in [5.41, 5.74) is 33.1. The lowest BCUT2D eigenvalue weighted by Crippen LogP contribution is -2.60. The van der Waals surface area contributed by atoms with E-state index in [1.165, 1.54) is 49.8 Å². The number of aromatic hydroxyl groups is 1. The van der Waals surface area contributed by atoms with E-state index in [0.717, 1.165) is 11.3 Å². The van der Waals surface area contributed by atoms with Crippen molar-refractivity contribution in [2.24, 2.45) is 50.7 Å². The van der Waals surface area contributed by atoms with Crippen LogP contribution < -0.4 is 124 Å². The van der Waals surface area contributed by atoms with Crippen LogP contribution in [0.4, 0.5) is 22.7 Å². The summed E-state index contributed by atoms with van der Waals surface area (Å²) in [4.78, 5) is 215. The van der Waals surface area contributed by atoms with Gasteiger partial charge in [-0.25, -0.2) is 9.78 Å². The molecule has 0 radical (unpaired) electrons. The van der Waals surface area contributed by atoms with Crippen molar-refractivity contribution in [1.29, 1.82) is 10.8 Å². The number of anilines is 2. The Hall–Kier alpha value is -15.3. The Morgan fingerprint density at radius 2 is 1.06 bits per heavy atom. The van der Waals surface area contributed by atoms with Gasteiger partial charge in [-0.05, 0) is 238 Å². The number of hydrogen-bond donors (Lipinski definition) is 26. The largest absolute Gasteiger partial charge is 0.508 e. The van der Waals surface area contributed by atoms with E-state index in [2.05, 4.69) is 105 Å². The highest BCUT2D eigenvalue weighted by atomic mass is 32.1. The number of fused-ring (bicyclic) bond motifs is 2. The molecular weight excluding hydrogens is 1850 g/mol. The summed E-state index contributed by atoms with van der Waals surface area (Å²) < 4.78 is 5.95. The lowest BCUT2D eigenvalue weighted by Gasteiger charge is -2.29. The number of imidazole rings is 1. The van der Waals surface area contributed by atoms with Crippen LogP contribution in [0.3, 0.4) is 0 Å². The molecule has 8 atom stereocenters. The summed E-state index contributed by atoms with van der Waals surface area (Å²) in [5, 5.41) is 88.5. The number of carbonyl (C=O) groups is 14. The van der Waals surface area contributed by atoms with Crippen LogP contribution in [0.15, 0.2) is 135 Å². The molecule has 0 saturated heterocycles. The molecule has 142 heavy (non-hydrogen) atoms. The van der Waals surface area contributed by atoms with Crippen molar-refractivity contribution in [3.63, 3.8) is 0 Å². The highest BCUT2D eigenvalue weighted by molar-refractivity contribution is 7.80. The quantitative estimate of drug-likeness (QED) is 0.00639. The van der Waals surface area contributed by atoms with Crippen molar-refractivity contribution in [3.8, 4) is 28.2 Å². The number of thiocarbonyl (C=S) groups is 1. The van der Waals surface area contributed by atoms with Crippen LogP contribution in [-0.2, 0) is 75.2 Å². The summed E-state index contributed by atoms with van der Waals surface area (Å²) in [5.74, 6) is -13.0. The number of carboxylic acid groups (broad SMARTS) is 1. The lowest BCUT2D eigenvalue weighted by molar-refractivity contribution is -0.136. The van der Waals surface area contributed by atoms with E-state index < -0.39 is 163 Å². The number of hydrogen-bond acceptors (Lipinski definition) is 26. The Morgan fingerprint density at radius 1 is 0.542 bits per heavy atom. The van der Waals surface area contributed by atoms with Gasteiger partial charge in [-0.3, -0.25) is 77.9 Å². The number of H-pyrrole nitrogens is 1. The highest BCUT2D eigenvalue weighted by Crippen LogP contribution is 2.43. The number of aromatic amines is 1. The number of benzene rings is 5. The first-order chi connectivity index (χ1) is 67.8. The molecule has 2 aliphatic carbocycles. The van der Waals surface area contributed by atoms with Crippen molar-refractivity contribution in [2.45, 2.75) is 204 Å². The van der Waals surface area contributed by atoms with Crippen molar-refractivity contribution in [1.82, 2.24) is 89.7 Å². The van der Waals surface area contributed by atoms with Gasteiger partial charge < -0.3 is 138 Å². The van der Waals surface area contributed by atoms with Crippen LogP contribution in [-0.4, -0.2) is 241 Å². The van der Waals surface area contributed by atoms with Gasteiger partial charge in [-0.1, -0.05) is 32.0 Å². The van der Waals surface area contributed by atoms with Gasteiger partial charge in [-0.2, -0.15) is 10.2 Å². The van der Waals surface area contributed by atoms with Gasteiger partial charge >= 0.3 is 5.97 Å². The number of primary amides is 1. The van der Waals surface area contributed by atoms with E-state index in [4.69, 9.17) is 56.1 Å². The molecule has 766 valence electrons. The maximum Gasteiger partial charge on any atom is 0.336 e. The van der Waals surface area contributed by atoms with E-state index in [0.29, 0.717) is 96.9 Å². The summed E-state index contributed by atoms with van der Waals surface area (Å²) >= 11 is 5.65. The molecule has 2 heterocycles. The number of aryl methyl sites for hydroxylation is 1. The monoisotopic (exact) mass is 1980 g/mol. The number of carboxylic acids is 1. The number of carbonyl (C=O) groups excluding carboxylic acids is 13. The van der Waals surface area contributed by atoms with Gasteiger partial charge in [0.25, 0.3) is 0 Å². The zero-order valence-electron chi connectivity index (χ0n) is 80.1. The standard InChI is InChI=1S/C95H132N28O18S/c1-53(2)82(83(98)130)120-90(137)71(15-7-10-40-97)116-88(135)72(17-12-42-105-93(99)100)118-91(138)74(45-61-48-103-52-110-61)119-89(136)73(18-13-43-106-94(101)102)117-87(134)70(16-8-11-41-104-77(126)38-21-55-19-24-58(25-20-55)121-122-59-28-31-62(32-29-59)123(4)5)115-84(131)54(3)111-79(128)50-107-78(127)49-109-86(133)69(14-6-9-39-96)114-80(129)51-108-85(132)56-22-26-57(27-23-56)112-95(142)113-60-30-35-65(68(44-60)92(139)140)81-66-36-33-63(124)46-75(66)141-76-47-64(125)34-37-67(76)81/h19-20,24-25,28-37,44,46-48,52-54,56-57,69-74,82,124H,6-18,21-23,26-27,38-43,45,49-51,96-97H2,1-5H3,(H2,98,130)(H,103,110)(H,104,126)(H,107,127)(H,108,132)(H,109,133)(H,111,128)(H,114,129)(H,115,131)(H,116,135)(H,117,134)(H,118,138)(H,119,136)(H,120,137)(H,139,140)(H4,99,100,105)(H4,101,102,106)(H2,112,113,142)/t54-,56?,57?,69-,70-,71-,72-,73-,74-,82-/m0/s1. The number of phenolic OH excluding ortho intramolecular Hbond substituents is 1. The third-order valence-corrected chi connectivity index (χ3v) is 23.6. The van der Waals surface area contributed by atoms with Crippen molar-refractivity contribution in [3.05, 3.63) is 143 Å². The van der Waals surface area contributed by atoms with Crippen LogP contribution in [0.5, 0.6) is 5.75 Å². The van der Waals surface area contributed by atoms with E-state index in [-0.39, 0.29) is 160 Å². The fourth-order valence-corrected chi connectivity index (χ4v) is 15.9. The minimum Gasteiger partial charge on any atom is -0.508 e. The smallest absolute Gasteiger partial charge is 0.336 e. The Bertz CT molecular complexity index is 5580. The molecule has 8 rings (SSSR count). The predicted molar refractivity (Wildman–Crippen MR) is 535 cm³/mol. The number of aromatic carboxylic acids is 1. The van der Waals surface area contributed by atoms with Gasteiger partial charge in [0.2, 0.25) is 76.8 Å². The second kappa shape index (κ2) is 57.3. The molecule has 1 aliphatic heterocycles. The molecule has 31 N–H and O–H groups in total. The van der Waals surface area contributed by atoms with E-state index in [1.807, 2.05) is 55.4 Å². The predicted octanol–water partition coefficient (Wildman–Crippen LogP) is 1.35. The van der Waals surface area contributed by atoms with Gasteiger partial charge in [0.05, 0.1) is 48.6 Å². The average molecular weight is 1990 g/mol. The number of phenols is 1. The average Bonchev–Trinajstić information content (AvgIpc) is 0.772. The first-order valence-corrected chi connectivity index (χ1v) is 47.5. The Kier molecular flexibility index (Phi) is 45.2. The van der Waals surface area contributed by atoms with E-state index in [1.54, 1.807) is 50.2 Å². The molecule has 13 amide bonds. The number of guanidine groups is 2. The Labute approximate surface area is 825 Å². The number of unbranched alkanes of at least 4 members (excludes halogenated alkanes) is 3. The Balaban J connectivity index is 0.873. The number of nitrogens with two attached hydrogens (primary N) is 5. The van der Waals surface area contributed by atoms with Crippen molar-refractivity contribution in [2.75, 3.05) is 76.7 Å². The first-order valence-electron chi connectivity index (χ1n) is 47.1. The van der Waals surface area contributed by atoms with Crippen LogP contribution >= 0.6 is 12.2 Å². The SMILES string of the molecule is CC(C)[C@H](NC(=O)[C@H](CCCCN)NC(=O)[C@H](CCCNC(=N)N)NC(=O)[C@H](Cc1c[nH]cn1)NC(=O)[C@H](CCCNC(=N)N)NC(=O)[C@H](CCCCNC(=O)CCc1ccc(N=Nc2ccc(N(C)C)cc2)cc1)NC(=O)[C@H](C)NC(=O)CNC(=O)CNC(=O)[C@H](CCCCN)NC(=O)CNC(=O)C1CCC(NC(=S)Nc2ccc(-c3c4ccc(=O)cc-4oc4cc(O)ccc34)c(C(=O)O)c2)CC1)C(N)=O. The van der Waals surface area contributed by atoms with E-state index in [9.17, 15) is 82.1 Å². The molecule has 4 aromatic carbocycles. The van der Waals surface area contributed by atoms with E-state index >= 15 is 0 Å². The van der Waals surface area contributed by atoms with Crippen molar-refractivity contribution >= 4 is 146 Å². The maximum absolute atomic E-state index is 15.0. The number of rotatable bonds is 57. The number of azo groups is 1. The van der Waals surface area contributed by atoms with Crippen LogP contribution in [0.1, 0.15) is 158 Å². The summed E-state index contributed by atoms with van der Waals surface area (Å²) in [6.45, 7) is 3.37. The molecule has 0 unspecified atom stereocenters. The number of nitrogens with one attached hydrogen (secondary N) is 19. The third-order valence-electron chi connectivity index (χ3n) is 23.3. The number of nitrogens with zero attached hydrogens (tertiary/aromatic N) is 4. The summed E-state index contributed by atoms with van der Waals surface area (Å²) in [6, 6.07) is 16.8. The Morgan fingerprint density at radius 3 is 1.62 bits per heavy atom. The third kappa shape index (κ3) is 37.5. The van der Waals surface area contributed by atoms with Crippen LogP contribution in [0, 0.1) is 22.7 Å². The van der Waals surface area contributed by atoms with Gasteiger partial charge in [0.15, 0.2) is 22.5 Å². The highest BCUT2D eigenvalue weighted by Gasteiger charge is 2.37. The summed E-state index contributed by atoms with van der Waals surface area (Å²) in [7, 11) is 3.87. The summed E-state index contributed by atoms with van der Waals surface area (Å²) in [6.07, 6.45) is 6.59. The second-order valence-corrected chi connectivity index (χ2v) is 35.4. The number of amides is 13. The topological polar surface area (TPSA) is 737 Å². The molecule has 46 nitrogen and oxygen atoms in total. The molecule has 0 spiro atoms. The van der Waals surface area contributed by atoms with Crippen molar-refractivity contribution < 1.29 is 81.8 Å². The lowest BCUT2D eigenvalue weighted by atomic mass is 9.85. The fraction of sp³-hybridized carbons (Fsp3) is 0.463. The second-order valence-electron chi connectivity index (χ2n) is 35.0. The normalized spacial score (nSPS) is 14.5. The zero-order chi connectivity index (χ0) is 103.